The lowest BCUT2D eigenvalue weighted by Gasteiger charge is -2.19. The van der Waals surface area contributed by atoms with E-state index in [0.29, 0.717) is 6.42 Å². The molecule has 0 aliphatic rings. The minimum atomic E-state index is 0.143. The lowest BCUT2D eigenvalue weighted by molar-refractivity contribution is -0.121. The van der Waals surface area contributed by atoms with Crippen molar-refractivity contribution in [3.8, 4) is 0 Å². The standard InChI is InChI=1S/C23H31NO/c1-18-7-5-8-20(17-18)9-6-16-24-22(25)15-12-19-10-13-21(14-11-19)23(2,3)4/h5,7-8,10-11,13-14,17H,6,9,12,15-16H2,1-4H3,(H,24,25). The van der Waals surface area contributed by atoms with Gasteiger partial charge >= 0.3 is 0 Å². The average Bonchev–Trinajstić information content (AvgIpc) is 2.56. The third-order valence-corrected chi connectivity index (χ3v) is 4.51. The highest BCUT2D eigenvalue weighted by Crippen LogP contribution is 2.22. The summed E-state index contributed by atoms with van der Waals surface area (Å²) in [5.41, 5.74) is 5.36. The van der Waals surface area contributed by atoms with E-state index in [1.54, 1.807) is 0 Å². The lowest BCUT2D eigenvalue weighted by atomic mass is 9.86. The van der Waals surface area contributed by atoms with Crippen LogP contribution < -0.4 is 5.32 Å². The number of amides is 1. The lowest BCUT2D eigenvalue weighted by Crippen LogP contribution is -2.25. The molecule has 2 aromatic rings. The minimum absolute atomic E-state index is 0.143. The molecule has 0 unspecified atom stereocenters. The molecule has 2 heteroatoms. The van der Waals surface area contributed by atoms with Gasteiger partial charge in [-0.25, -0.2) is 0 Å². The Labute approximate surface area is 152 Å². The smallest absolute Gasteiger partial charge is 0.220 e. The molecule has 134 valence electrons. The number of carbonyl (C=O) groups excluding carboxylic acids is 1. The molecule has 0 heterocycles. The van der Waals surface area contributed by atoms with Crippen LogP contribution in [0.3, 0.4) is 0 Å². The average molecular weight is 338 g/mol. The summed E-state index contributed by atoms with van der Waals surface area (Å²) in [4.78, 5) is 12.0. The largest absolute Gasteiger partial charge is 0.356 e. The van der Waals surface area contributed by atoms with Gasteiger partial charge in [-0.3, -0.25) is 4.79 Å². The Morgan fingerprint density at radius 3 is 2.32 bits per heavy atom. The normalized spacial score (nSPS) is 11.4. The second-order valence-corrected chi connectivity index (χ2v) is 7.89. The molecule has 1 N–H and O–H groups in total. The topological polar surface area (TPSA) is 29.1 Å². The maximum atomic E-state index is 12.0. The van der Waals surface area contributed by atoms with Crippen LogP contribution in [-0.2, 0) is 23.1 Å². The fourth-order valence-electron chi connectivity index (χ4n) is 2.91. The van der Waals surface area contributed by atoms with E-state index in [0.717, 1.165) is 25.8 Å². The van der Waals surface area contributed by atoms with Crippen molar-refractivity contribution in [1.82, 2.24) is 5.32 Å². The Hall–Kier alpha value is -2.09. The predicted octanol–water partition coefficient (Wildman–Crippen LogP) is 4.97. The highest BCUT2D eigenvalue weighted by atomic mass is 16.1. The maximum Gasteiger partial charge on any atom is 0.220 e. The summed E-state index contributed by atoms with van der Waals surface area (Å²) in [6.07, 6.45) is 3.35. The van der Waals surface area contributed by atoms with E-state index in [1.807, 2.05) is 0 Å². The second kappa shape index (κ2) is 8.84. The zero-order valence-corrected chi connectivity index (χ0v) is 16.1. The maximum absolute atomic E-state index is 12.0. The Morgan fingerprint density at radius 2 is 1.68 bits per heavy atom. The van der Waals surface area contributed by atoms with Crippen molar-refractivity contribution >= 4 is 5.91 Å². The second-order valence-electron chi connectivity index (χ2n) is 7.89. The number of hydrogen-bond acceptors (Lipinski definition) is 1. The quantitative estimate of drug-likeness (QED) is 0.710. The van der Waals surface area contributed by atoms with Crippen LogP contribution in [0.4, 0.5) is 0 Å². The fraction of sp³-hybridized carbons (Fsp3) is 0.435. The molecule has 0 aliphatic heterocycles. The molecule has 2 rings (SSSR count). The SMILES string of the molecule is Cc1cccc(CCCNC(=O)CCc2ccc(C(C)(C)C)cc2)c1. The molecular formula is C23H31NO. The molecular weight excluding hydrogens is 306 g/mol. The van der Waals surface area contributed by atoms with E-state index in [4.69, 9.17) is 0 Å². The third-order valence-electron chi connectivity index (χ3n) is 4.51. The van der Waals surface area contributed by atoms with Crippen LogP contribution in [0.15, 0.2) is 48.5 Å². The summed E-state index contributed by atoms with van der Waals surface area (Å²) in [7, 11) is 0. The number of rotatable bonds is 7. The van der Waals surface area contributed by atoms with Gasteiger partial charge in [0.25, 0.3) is 0 Å². The minimum Gasteiger partial charge on any atom is -0.356 e. The summed E-state index contributed by atoms with van der Waals surface area (Å²) in [5.74, 6) is 0.143. The molecule has 1 amide bonds. The van der Waals surface area contributed by atoms with Crippen molar-refractivity contribution in [1.29, 1.82) is 0 Å². The van der Waals surface area contributed by atoms with Gasteiger partial charge in [0.05, 0.1) is 0 Å². The van der Waals surface area contributed by atoms with Gasteiger partial charge in [-0.15, -0.1) is 0 Å². The zero-order valence-electron chi connectivity index (χ0n) is 16.1. The van der Waals surface area contributed by atoms with Gasteiger partial charge in [0.1, 0.15) is 0 Å². The van der Waals surface area contributed by atoms with E-state index < -0.39 is 0 Å². The van der Waals surface area contributed by atoms with Crippen molar-refractivity contribution < 1.29 is 4.79 Å². The Kier molecular flexibility index (Phi) is 6.81. The molecule has 0 saturated heterocycles. The molecule has 0 saturated carbocycles. The number of carbonyl (C=O) groups is 1. The molecule has 0 aromatic heterocycles. The van der Waals surface area contributed by atoms with Gasteiger partial charge < -0.3 is 5.32 Å². The van der Waals surface area contributed by atoms with Crippen molar-refractivity contribution in [2.75, 3.05) is 6.54 Å². The molecule has 0 atom stereocenters. The van der Waals surface area contributed by atoms with Crippen molar-refractivity contribution in [3.63, 3.8) is 0 Å². The Morgan fingerprint density at radius 1 is 0.960 bits per heavy atom. The zero-order chi connectivity index (χ0) is 18.3. The number of nitrogens with one attached hydrogen (secondary N) is 1. The van der Waals surface area contributed by atoms with Gasteiger partial charge in [-0.05, 0) is 48.3 Å². The molecule has 0 spiro atoms. The van der Waals surface area contributed by atoms with Crippen LogP contribution in [0.5, 0.6) is 0 Å². The molecule has 2 nitrogen and oxygen atoms in total. The molecule has 25 heavy (non-hydrogen) atoms. The van der Waals surface area contributed by atoms with Crippen LogP contribution in [0.2, 0.25) is 0 Å². The first-order valence-corrected chi connectivity index (χ1v) is 9.26. The first-order valence-electron chi connectivity index (χ1n) is 9.26. The molecule has 0 fully saturated rings. The van der Waals surface area contributed by atoms with Crippen LogP contribution >= 0.6 is 0 Å². The summed E-state index contributed by atoms with van der Waals surface area (Å²) in [6, 6.07) is 17.2. The fourth-order valence-corrected chi connectivity index (χ4v) is 2.91. The van der Waals surface area contributed by atoms with E-state index in [2.05, 4.69) is 81.5 Å². The van der Waals surface area contributed by atoms with Gasteiger partial charge in [0, 0.05) is 13.0 Å². The van der Waals surface area contributed by atoms with Gasteiger partial charge in [-0.2, -0.15) is 0 Å². The van der Waals surface area contributed by atoms with Crippen molar-refractivity contribution in [3.05, 3.63) is 70.8 Å². The van der Waals surface area contributed by atoms with Crippen LogP contribution in [0, 0.1) is 6.92 Å². The van der Waals surface area contributed by atoms with E-state index >= 15 is 0 Å². The first kappa shape index (κ1) is 19.2. The van der Waals surface area contributed by atoms with E-state index in [-0.39, 0.29) is 11.3 Å². The van der Waals surface area contributed by atoms with E-state index in [9.17, 15) is 4.79 Å². The van der Waals surface area contributed by atoms with Crippen LogP contribution in [0.1, 0.15) is 55.9 Å². The van der Waals surface area contributed by atoms with E-state index in [1.165, 1.54) is 22.3 Å². The summed E-state index contributed by atoms with van der Waals surface area (Å²) in [5, 5.41) is 3.03. The van der Waals surface area contributed by atoms with Gasteiger partial charge in [0.15, 0.2) is 0 Å². The Balaban J connectivity index is 1.67. The van der Waals surface area contributed by atoms with Crippen LogP contribution in [0.25, 0.3) is 0 Å². The molecule has 0 aliphatic carbocycles. The number of aryl methyl sites for hydroxylation is 3. The van der Waals surface area contributed by atoms with Gasteiger partial charge in [0.2, 0.25) is 5.91 Å². The predicted molar refractivity (Wildman–Crippen MR) is 106 cm³/mol. The van der Waals surface area contributed by atoms with Gasteiger partial charge in [-0.1, -0.05) is 74.9 Å². The molecule has 0 bridgehead atoms. The third kappa shape index (κ3) is 6.74. The van der Waals surface area contributed by atoms with Crippen molar-refractivity contribution in [2.45, 2.75) is 58.8 Å². The Bertz CT molecular complexity index is 680. The summed E-state index contributed by atoms with van der Waals surface area (Å²) in [6.45, 7) is 9.50. The first-order chi connectivity index (χ1) is 11.8. The van der Waals surface area contributed by atoms with Crippen molar-refractivity contribution in [2.24, 2.45) is 0 Å². The highest BCUT2D eigenvalue weighted by Gasteiger charge is 2.12. The summed E-state index contributed by atoms with van der Waals surface area (Å²) >= 11 is 0. The molecule has 2 aromatic carbocycles. The monoisotopic (exact) mass is 337 g/mol. The molecule has 0 radical (unpaired) electrons. The van der Waals surface area contributed by atoms with Crippen LogP contribution in [-0.4, -0.2) is 12.5 Å². The number of hydrogen-bond donors (Lipinski definition) is 1. The summed E-state index contributed by atoms with van der Waals surface area (Å²) < 4.78 is 0. The number of benzene rings is 2. The highest BCUT2D eigenvalue weighted by molar-refractivity contribution is 5.76.